The monoisotopic (exact) mass is 211 g/mol. The molecule has 0 aliphatic rings. The van der Waals surface area contributed by atoms with Crippen molar-refractivity contribution in [2.75, 3.05) is 13.7 Å². The van der Waals surface area contributed by atoms with Gasteiger partial charge in [-0.1, -0.05) is 25.5 Å². The summed E-state index contributed by atoms with van der Waals surface area (Å²) >= 11 is 0. The van der Waals surface area contributed by atoms with Gasteiger partial charge in [-0.3, -0.25) is 0 Å². The second-order valence-corrected chi connectivity index (χ2v) is 3.66. The van der Waals surface area contributed by atoms with E-state index in [-0.39, 0.29) is 5.82 Å². The first-order chi connectivity index (χ1) is 7.18. The molecule has 2 nitrogen and oxygen atoms in total. The number of nitrogens with two attached hydrogens (primary N) is 1. The Hall–Kier alpha value is -0.930. The fourth-order valence-electron chi connectivity index (χ4n) is 1.82. The summed E-state index contributed by atoms with van der Waals surface area (Å²) in [6, 6.07) is 6.35. The molecular formula is C12H18FNO. The number of benzene rings is 1. The number of hydrogen-bond donors (Lipinski definition) is 1. The maximum atomic E-state index is 12.8. The van der Waals surface area contributed by atoms with Crippen molar-refractivity contribution in [2.24, 2.45) is 5.73 Å². The summed E-state index contributed by atoms with van der Waals surface area (Å²) in [7, 11) is 1.64. The molecule has 1 aromatic carbocycles. The molecule has 0 radical (unpaired) electrons. The number of hydrogen-bond acceptors (Lipinski definition) is 2. The van der Waals surface area contributed by atoms with Crippen LogP contribution in [0.1, 0.15) is 25.3 Å². The lowest BCUT2D eigenvalue weighted by Gasteiger charge is -2.31. The Bertz CT molecular complexity index is 293. The molecule has 0 aliphatic carbocycles. The molecule has 1 unspecified atom stereocenters. The molecule has 0 saturated heterocycles. The summed E-state index contributed by atoms with van der Waals surface area (Å²) in [5.74, 6) is -0.239. The fraction of sp³-hybridized carbons (Fsp3) is 0.500. The van der Waals surface area contributed by atoms with Crippen LogP contribution in [0.3, 0.4) is 0 Å². The second kappa shape index (κ2) is 5.24. The van der Waals surface area contributed by atoms with E-state index in [1.54, 1.807) is 19.2 Å². The minimum atomic E-state index is -0.470. The number of ether oxygens (including phenoxy) is 1. The fourth-order valence-corrected chi connectivity index (χ4v) is 1.82. The summed E-state index contributed by atoms with van der Waals surface area (Å²) in [4.78, 5) is 0. The zero-order chi connectivity index (χ0) is 11.3. The van der Waals surface area contributed by atoms with Gasteiger partial charge in [0.15, 0.2) is 0 Å². The molecule has 0 heterocycles. The van der Waals surface area contributed by atoms with E-state index in [1.807, 2.05) is 0 Å². The lowest BCUT2D eigenvalue weighted by molar-refractivity contribution is -0.0149. The first-order valence-corrected chi connectivity index (χ1v) is 5.20. The molecule has 0 amide bonds. The van der Waals surface area contributed by atoms with Gasteiger partial charge in [0.1, 0.15) is 11.4 Å². The molecule has 3 heteroatoms. The number of methoxy groups -OCH3 is 1. The molecule has 1 aromatic rings. The van der Waals surface area contributed by atoms with Gasteiger partial charge in [-0.05, 0) is 24.1 Å². The Labute approximate surface area is 90.2 Å². The predicted molar refractivity (Wildman–Crippen MR) is 59.0 cm³/mol. The number of rotatable bonds is 5. The van der Waals surface area contributed by atoms with Crippen LogP contribution >= 0.6 is 0 Å². The van der Waals surface area contributed by atoms with Crippen LogP contribution in [0, 0.1) is 5.82 Å². The largest absolute Gasteiger partial charge is 0.372 e. The Morgan fingerprint density at radius 3 is 2.33 bits per heavy atom. The summed E-state index contributed by atoms with van der Waals surface area (Å²) in [6.07, 6.45) is 1.81. The first-order valence-electron chi connectivity index (χ1n) is 5.20. The second-order valence-electron chi connectivity index (χ2n) is 3.66. The van der Waals surface area contributed by atoms with Crippen LogP contribution < -0.4 is 5.73 Å². The van der Waals surface area contributed by atoms with E-state index in [2.05, 4.69) is 6.92 Å². The standard InChI is InChI=1S/C12H18FNO/c1-3-8-12(9-14,15-2)10-4-6-11(13)7-5-10/h4-7H,3,8-9,14H2,1-2H3. The third-order valence-electron chi connectivity index (χ3n) is 2.74. The zero-order valence-corrected chi connectivity index (χ0v) is 9.29. The Morgan fingerprint density at radius 2 is 1.93 bits per heavy atom. The third-order valence-corrected chi connectivity index (χ3v) is 2.74. The van der Waals surface area contributed by atoms with Crippen molar-refractivity contribution < 1.29 is 9.13 Å². The van der Waals surface area contributed by atoms with Gasteiger partial charge in [-0.25, -0.2) is 4.39 Å². The van der Waals surface area contributed by atoms with Gasteiger partial charge in [0.2, 0.25) is 0 Å². The Balaban J connectivity index is 3.02. The van der Waals surface area contributed by atoms with Crippen molar-refractivity contribution in [3.63, 3.8) is 0 Å². The van der Waals surface area contributed by atoms with Gasteiger partial charge in [-0.2, -0.15) is 0 Å². The van der Waals surface area contributed by atoms with E-state index in [9.17, 15) is 4.39 Å². The van der Waals surface area contributed by atoms with Gasteiger partial charge in [0.25, 0.3) is 0 Å². The maximum Gasteiger partial charge on any atom is 0.123 e. The summed E-state index contributed by atoms with van der Waals surface area (Å²) in [5.41, 5.74) is 6.23. The quantitative estimate of drug-likeness (QED) is 0.811. The molecule has 0 bridgehead atoms. The zero-order valence-electron chi connectivity index (χ0n) is 9.29. The minimum Gasteiger partial charge on any atom is -0.372 e. The molecular weight excluding hydrogens is 193 g/mol. The Morgan fingerprint density at radius 1 is 1.33 bits per heavy atom. The minimum absolute atomic E-state index is 0.239. The average Bonchev–Trinajstić information content (AvgIpc) is 2.27. The molecule has 1 atom stereocenters. The van der Waals surface area contributed by atoms with Crippen LogP contribution in [0.15, 0.2) is 24.3 Å². The molecule has 0 aromatic heterocycles. The van der Waals surface area contributed by atoms with E-state index in [0.29, 0.717) is 6.54 Å². The van der Waals surface area contributed by atoms with Crippen molar-refractivity contribution >= 4 is 0 Å². The predicted octanol–water partition coefficient (Wildman–Crippen LogP) is 2.43. The molecule has 2 N–H and O–H groups in total. The van der Waals surface area contributed by atoms with Crippen molar-refractivity contribution in [3.05, 3.63) is 35.6 Å². The molecule has 0 saturated carbocycles. The van der Waals surface area contributed by atoms with Crippen LogP contribution in [-0.2, 0) is 10.3 Å². The highest BCUT2D eigenvalue weighted by Crippen LogP contribution is 2.29. The van der Waals surface area contributed by atoms with Crippen LogP contribution in [0.4, 0.5) is 4.39 Å². The molecule has 0 aliphatic heterocycles. The maximum absolute atomic E-state index is 12.8. The lowest BCUT2D eigenvalue weighted by Crippen LogP contribution is -2.37. The van der Waals surface area contributed by atoms with E-state index < -0.39 is 5.60 Å². The summed E-state index contributed by atoms with van der Waals surface area (Å²) in [5, 5.41) is 0. The molecule has 84 valence electrons. The van der Waals surface area contributed by atoms with Gasteiger partial charge >= 0.3 is 0 Å². The van der Waals surface area contributed by atoms with E-state index in [4.69, 9.17) is 10.5 Å². The van der Waals surface area contributed by atoms with E-state index >= 15 is 0 Å². The van der Waals surface area contributed by atoms with Crippen molar-refractivity contribution in [1.82, 2.24) is 0 Å². The van der Waals surface area contributed by atoms with Crippen LogP contribution in [-0.4, -0.2) is 13.7 Å². The van der Waals surface area contributed by atoms with Gasteiger partial charge in [0, 0.05) is 13.7 Å². The average molecular weight is 211 g/mol. The van der Waals surface area contributed by atoms with Crippen LogP contribution in [0.5, 0.6) is 0 Å². The SMILES string of the molecule is CCCC(CN)(OC)c1ccc(F)cc1. The third kappa shape index (κ3) is 2.55. The highest BCUT2D eigenvalue weighted by Gasteiger charge is 2.29. The molecule has 15 heavy (non-hydrogen) atoms. The highest BCUT2D eigenvalue weighted by molar-refractivity contribution is 5.23. The highest BCUT2D eigenvalue weighted by atomic mass is 19.1. The van der Waals surface area contributed by atoms with Crippen molar-refractivity contribution in [1.29, 1.82) is 0 Å². The van der Waals surface area contributed by atoms with Gasteiger partial charge in [0.05, 0.1) is 0 Å². The topological polar surface area (TPSA) is 35.2 Å². The normalized spacial score (nSPS) is 14.9. The van der Waals surface area contributed by atoms with Gasteiger partial charge in [-0.15, -0.1) is 0 Å². The van der Waals surface area contributed by atoms with Crippen molar-refractivity contribution in [3.8, 4) is 0 Å². The smallest absolute Gasteiger partial charge is 0.123 e. The first kappa shape index (κ1) is 12.1. The molecule has 0 fully saturated rings. The summed E-state index contributed by atoms with van der Waals surface area (Å²) in [6.45, 7) is 2.48. The van der Waals surface area contributed by atoms with E-state index in [0.717, 1.165) is 18.4 Å². The molecule has 0 spiro atoms. The molecule has 1 rings (SSSR count). The van der Waals surface area contributed by atoms with Crippen molar-refractivity contribution in [2.45, 2.75) is 25.4 Å². The Kier molecular flexibility index (Phi) is 4.24. The van der Waals surface area contributed by atoms with Crippen LogP contribution in [0.25, 0.3) is 0 Å². The lowest BCUT2D eigenvalue weighted by atomic mass is 9.89. The van der Waals surface area contributed by atoms with Crippen LogP contribution in [0.2, 0.25) is 0 Å². The summed E-state index contributed by atoms with van der Waals surface area (Å²) < 4.78 is 18.3. The van der Waals surface area contributed by atoms with E-state index in [1.165, 1.54) is 12.1 Å². The van der Waals surface area contributed by atoms with Gasteiger partial charge < -0.3 is 10.5 Å². The number of halogens is 1.